The Morgan fingerprint density at radius 3 is 2.76 bits per heavy atom. The van der Waals surface area contributed by atoms with E-state index in [1.807, 2.05) is 0 Å². The minimum atomic E-state index is -1.06. The number of aliphatic carboxylic acids is 1. The van der Waals surface area contributed by atoms with Crippen LogP contribution in [-0.2, 0) is 9.53 Å². The van der Waals surface area contributed by atoms with Gasteiger partial charge in [-0.05, 0) is 24.4 Å². The van der Waals surface area contributed by atoms with Crippen LogP contribution in [-0.4, -0.2) is 29.2 Å². The standard InChI is InChI=1S/C14H10O5S2/c1-6(19-5-10(15)16)9-4-8-11(17)7-2-3-20-13(7)12(18)14(8)21-9/h2-4,6H,5H2,1H3,(H,15,16). The maximum atomic E-state index is 12.4. The topological polar surface area (TPSA) is 80.7 Å². The predicted molar refractivity (Wildman–Crippen MR) is 77.5 cm³/mol. The first kappa shape index (κ1) is 14.1. The molecule has 3 rings (SSSR count). The fourth-order valence-corrected chi connectivity index (χ4v) is 4.14. The van der Waals surface area contributed by atoms with Crippen LogP contribution >= 0.6 is 22.7 Å². The van der Waals surface area contributed by atoms with Crippen molar-refractivity contribution in [2.24, 2.45) is 0 Å². The fraction of sp³-hybridized carbons (Fsp3) is 0.214. The van der Waals surface area contributed by atoms with Gasteiger partial charge in [-0.1, -0.05) is 0 Å². The third kappa shape index (κ3) is 2.33. The van der Waals surface area contributed by atoms with Gasteiger partial charge in [0.1, 0.15) is 6.61 Å². The van der Waals surface area contributed by atoms with Gasteiger partial charge in [0.05, 0.1) is 15.9 Å². The maximum absolute atomic E-state index is 12.4. The van der Waals surface area contributed by atoms with E-state index in [2.05, 4.69) is 0 Å². The SMILES string of the molecule is CC(OCC(=O)O)c1cc2c(s1)C(=O)c1sccc1C2=O. The maximum Gasteiger partial charge on any atom is 0.329 e. The number of ketones is 2. The predicted octanol–water partition coefficient (Wildman–Crippen LogP) is 2.75. The van der Waals surface area contributed by atoms with E-state index >= 15 is 0 Å². The summed E-state index contributed by atoms with van der Waals surface area (Å²) in [6, 6.07) is 3.29. The third-order valence-electron chi connectivity index (χ3n) is 3.18. The van der Waals surface area contributed by atoms with Gasteiger partial charge in [0.25, 0.3) is 0 Å². The highest BCUT2D eigenvalue weighted by Crippen LogP contribution is 2.38. The van der Waals surface area contributed by atoms with E-state index in [4.69, 9.17) is 9.84 Å². The van der Waals surface area contributed by atoms with E-state index < -0.39 is 18.7 Å². The number of thiophene rings is 2. The van der Waals surface area contributed by atoms with Crippen molar-refractivity contribution in [1.29, 1.82) is 0 Å². The van der Waals surface area contributed by atoms with E-state index in [-0.39, 0.29) is 11.6 Å². The van der Waals surface area contributed by atoms with Crippen molar-refractivity contribution < 1.29 is 24.2 Å². The average Bonchev–Trinajstić information content (AvgIpc) is 3.08. The van der Waals surface area contributed by atoms with Crippen LogP contribution in [0.25, 0.3) is 0 Å². The molecule has 1 aliphatic carbocycles. The molecule has 2 aromatic heterocycles. The molecule has 1 N–H and O–H groups in total. The Morgan fingerprint density at radius 1 is 1.29 bits per heavy atom. The summed E-state index contributed by atoms with van der Waals surface area (Å²) in [5.41, 5.74) is 0.831. The highest BCUT2D eigenvalue weighted by atomic mass is 32.1. The summed E-state index contributed by atoms with van der Waals surface area (Å²) in [7, 11) is 0. The Bertz CT molecular complexity index is 707. The molecule has 0 radical (unpaired) electrons. The molecule has 0 saturated heterocycles. The van der Waals surface area contributed by atoms with Gasteiger partial charge in [-0.2, -0.15) is 0 Å². The zero-order chi connectivity index (χ0) is 15.1. The molecule has 0 amide bonds. The highest BCUT2D eigenvalue weighted by molar-refractivity contribution is 7.17. The largest absolute Gasteiger partial charge is 0.480 e. The number of hydrogen-bond donors (Lipinski definition) is 1. The summed E-state index contributed by atoms with van der Waals surface area (Å²) in [5.74, 6) is -1.36. The van der Waals surface area contributed by atoms with Crippen molar-refractivity contribution in [3.05, 3.63) is 43.3 Å². The zero-order valence-corrected chi connectivity index (χ0v) is 12.5. The van der Waals surface area contributed by atoms with E-state index in [1.54, 1.807) is 24.4 Å². The van der Waals surface area contributed by atoms with Crippen molar-refractivity contribution in [2.45, 2.75) is 13.0 Å². The lowest BCUT2D eigenvalue weighted by Gasteiger charge is -2.08. The number of carbonyl (C=O) groups excluding carboxylic acids is 2. The van der Waals surface area contributed by atoms with Crippen LogP contribution in [0.2, 0.25) is 0 Å². The van der Waals surface area contributed by atoms with Crippen molar-refractivity contribution in [3.8, 4) is 0 Å². The average molecular weight is 322 g/mol. The lowest BCUT2D eigenvalue weighted by molar-refractivity contribution is -0.144. The number of rotatable bonds is 4. The summed E-state index contributed by atoms with van der Waals surface area (Å²) in [6.07, 6.45) is -0.477. The van der Waals surface area contributed by atoms with Crippen LogP contribution < -0.4 is 0 Å². The summed E-state index contributed by atoms with van der Waals surface area (Å²) < 4.78 is 5.19. The second-order valence-electron chi connectivity index (χ2n) is 4.56. The van der Waals surface area contributed by atoms with Gasteiger partial charge in [-0.25, -0.2) is 4.79 Å². The molecule has 2 heterocycles. The lowest BCUT2D eigenvalue weighted by Crippen LogP contribution is -2.15. The number of fused-ring (bicyclic) bond motifs is 2. The molecule has 5 nitrogen and oxygen atoms in total. The Hall–Kier alpha value is -1.83. The van der Waals surface area contributed by atoms with Crippen LogP contribution in [0.15, 0.2) is 17.5 Å². The Labute approximate surface area is 127 Å². The first-order chi connectivity index (χ1) is 9.99. The summed E-state index contributed by atoms with van der Waals surface area (Å²) >= 11 is 2.45. The van der Waals surface area contributed by atoms with Gasteiger partial charge in [0.15, 0.2) is 5.78 Å². The highest BCUT2D eigenvalue weighted by Gasteiger charge is 2.33. The molecular formula is C14H10O5S2. The smallest absolute Gasteiger partial charge is 0.329 e. The molecule has 1 atom stereocenters. The van der Waals surface area contributed by atoms with E-state index in [9.17, 15) is 14.4 Å². The fourth-order valence-electron chi connectivity index (χ4n) is 2.14. The lowest BCUT2D eigenvalue weighted by atomic mass is 9.95. The van der Waals surface area contributed by atoms with Crippen LogP contribution in [0.4, 0.5) is 0 Å². The number of carboxylic acids is 1. The van der Waals surface area contributed by atoms with Gasteiger partial charge in [0.2, 0.25) is 5.78 Å². The molecule has 0 fully saturated rings. The van der Waals surface area contributed by atoms with Gasteiger partial charge in [0, 0.05) is 16.0 Å². The third-order valence-corrected chi connectivity index (χ3v) is 5.38. The second kappa shape index (κ2) is 5.18. The van der Waals surface area contributed by atoms with Crippen molar-refractivity contribution >= 4 is 40.2 Å². The molecule has 0 aliphatic heterocycles. The van der Waals surface area contributed by atoms with Gasteiger partial charge in [-0.15, -0.1) is 22.7 Å². The molecule has 0 spiro atoms. The molecule has 0 saturated carbocycles. The van der Waals surface area contributed by atoms with Gasteiger partial charge >= 0.3 is 5.97 Å². The Morgan fingerprint density at radius 2 is 2.05 bits per heavy atom. The van der Waals surface area contributed by atoms with Gasteiger partial charge in [-0.3, -0.25) is 9.59 Å². The first-order valence-electron chi connectivity index (χ1n) is 6.13. The van der Waals surface area contributed by atoms with Crippen LogP contribution in [0, 0.1) is 0 Å². The first-order valence-corrected chi connectivity index (χ1v) is 7.82. The molecule has 0 aromatic carbocycles. The molecule has 0 bridgehead atoms. The molecule has 2 aromatic rings. The normalized spacial score (nSPS) is 14.7. The molecular weight excluding hydrogens is 312 g/mol. The molecule has 1 aliphatic rings. The van der Waals surface area contributed by atoms with Crippen molar-refractivity contribution in [3.63, 3.8) is 0 Å². The molecule has 1 unspecified atom stereocenters. The second-order valence-corrected chi connectivity index (χ2v) is 6.56. The monoisotopic (exact) mass is 322 g/mol. The summed E-state index contributed by atoms with van der Waals surface area (Å²) in [6.45, 7) is 1.28. The van der Waals surface area contributed by atoms with Crippen LogP contribution in [0.5, 0.6) is 0 Å². The molecule has 108 valence electrons. The minimum Gasteiger partial charge on any atom is -0.480 e. The van der Waals surface area contributed by atoms with E-state index in [1.165, 1.54) is 22.7 Å². The summed E-state index contributed by atoms with van der Waals surface area (Å²) in [4.78, 5) is 36.8. The molecule has 21 heavy (non-hydrogen) atoms. The zero-order valence-electron chi connectivity index (χ0n) is 10.9. The van der Waals surface area contributed by atoms with Gasteiger partial charge < -0.3 is 9.84 Å². The van der Waals surface area contributed by atoms with E-state index in [0.717, 1.165) is 0 Å². The number of carboxylic acid groups (broad SMARTS) is 1. The Balaban J connectivity index is 1.94. The van der Waals surface area contributed by atoms with Crippen molar-refractivity contribution in [1.82, 2.24) is 0 Å². The quantitative estimate of drug-likeness (QED) is 0.799. The van der Waals surface area contributed by atoms with Crippen LogP contribution in [0.3, 0.4) is 0 Å². The number of ether oxygens (including phenoxy) is 1. The van der Waals surface area contributed by atoms with E-state index in [0.29, 0.717) is 25.8 Å². The Kier molecular flexibility index (Phi) is 3.48. The van der Waals surface area contributed by atoms with Crippen molar-refractivity contribution in [2.75, 3.05) is 6.61 Å². The number of carbonyl (C=O) groups is 3. The molecule has 7 heteroatoms. The minimum absolute atomic E-state index is 0.142. The number of hydrogen-bond acceptors (Lipinski definition) is 6. The van der Waals surface area contributed by atoms with Crippen LogP contribution in [0.1, 0.15) is 48.4 Å². The summed E-state index contributed by atoms with van der Waals surface area (Å²) in [5, 5.41) is 10.4.